The summed E-state index contributed by atoms with van der Waals surface area (Å²) in [6, 6.07) is 5.33. The normalized spacial score (nSPS) is 23.1. The number of carbonyl (C=O) groups excluding carboxylic acids is 2. The lowest BCUT2D eigenvalue weighted by Crippen LogP contribution is -2.52. The van der Waals surface area contributed by atoms with E-state index < -0.39 is 0 Å². The van der Waals surface area contributed by atoms with Crippen LogP contribution in [0.25, 0.3) is 0 Å². The minimum Gasteiger partial charge on any atom is -0.486 e. The predicted octanol–water partition coefficient (Wildman–Crippen LogP) is 0.964. The largest absolute Gasteiger partial charge is 0.486 e. The van der Waals surface area contributed by atoms with Crippen LogP contribution in [0.4, 0.5) is 0 Å². The zero-order chi connectivity index (χ0) is 17.9. The van der Waals surface area contributed by atoms with Gasteiger partial charge in [-0.1, -0.05) is 0 Å². The molecule has 2 saturated heterocycles. The number of Topliss-reactive ketones (excluding diaryl/α,β-unsaturated/α-hetero) is 1. The predicted molar refractivity (Wildman–Crippen MR) is 93.8 cm³/mol. The molecule has 0 bridgehead atoms. The van der Waals surface area contributed by atoms with Gasteiger partial charge >= 0.3 is 0 Å². The van der Waals surface area contributed by atoms with E-state index in [9.17, 15) is 9.59 Å². The van der Waals surface area contributed by atoms with Gasteiger partial charge in [-0.05, 0) is 31.0 Å². The smallest absolute Gasteiger partial charge is 0.251 e. The molecule has 1 amide bonds. The van der Waals surface area contributed by atoms with E-state index in [1.165, 1.54) is 0 Å². The molecule has 0 radical (unpaired) electrons. The van der Waals surface area contributed by atoms with Gasteiger partial charge in [-0.3, -0.25) is 14.5 Å². The van der Waals surface area contributed by atoms with Gasteiger partial charge in [-0.15, -0.1) is 0 Å². The third-order valence-corrected chi connectivity index (χ3v) is 5.12. The number of ketones is 1. The highest BCUT2D eigenvalue weighted by atomic mass is 16.6. The van der Waals surface area contributed by atoms with Gasteiger partial charge in [0.2, 0.25) is 0 Å². The van der Waals surface area contributed by atoms with Crippen molar-refractivity contribution >= 4 is 11.7 Å². The van der Waals surface area contributed by atoms with E-state index in [0.29, 0.717) is 69.6 Å². The summed E-state index contributed by atoms with van der Waals surface area (Å²) in [6.45, 7) is 4.77. The van der Waals surface area contributed by atoms with Gasteiger partial charge in [0.25, 0.3) is 5.91 Å². The van der Waals surface area contributed by atoms with E-state index in [0.717, 1.165) is 12.8 Å². The van der Waals surface area contributed by atoms with E-state index in [4.69, 9.17) is 14.2 Å². The van der Waals surface area contributed by atoms with Crippen LogP contribution in [0.1, 0.15) is 23.2 Å². The Morgan fingerprint density at radius 1 is 1.00 bits per heavy atom. The summed E-state index contributed by atoms with van der Waals surface area (Å²) in [5.41, 5.74) is 0.632. The number of carbonyl (C=O) groups is 2. The number of piperazine rings is 1. The van der Waals surface area contributed by atoms with Crippen LogP contribution in [-0.2, 0) is 9.53 Å². The first kappa shape index (κ1) is 17.3. The van der Waals surface area contributed by atoms with Gasteiger partial charge in [0, 0.05) is 38.3 Å². The fourth-order valence-corrected chi connectivity index (χ4v) is 3.61. The standard InChI is InChI=1S/C19H24N2O5/c22-15(14-3-4-16-18(12-14)26-11-10-25-16)13-20-5-7-21(8-6-20)19(23)17-2-1-9-24-17/h3-4,12,17H,1-2,5-11,13H2. The van der Waals surface area contributed by atoms with Crippen LogP contribution in [0.3, 0.4) is 0 Å². The average Bonchev–Trinajstić information content (AvgIpc) is 3.22. The molecule has 4 rings (SSSR count). The van der Waals surface area contributed by atoms with Crippen molar-refractivity contribution in [2.45, 2.75) is 18.9 Å². The molecule has 2 fully saturated rings. The Labute approximate surface area is 152 Å². The molecule has 1 unspecified atom stereocenters. The lowest BCUT2D eigenvalue weighted by Gasteiger charge is -2.35. The third kappa shape index (κ3) is 3.68. The quantitative estimate of drug-likeness (QED) is 0.745. The second-order valence-corrected chi connectivity index (χ2v) is 6.88. The first-order chi connectivity index (χ1) is 12.7. The maximum Gasteiger partial charge on any atom is 0.251 e. The molecule has 1 atom stereocenters. The second kappa shape index (κ2) is 7.63. The zero-order valence-electron chi connectivity index (χ0n) is 14.8. The van der Waals surface area contributed by atoms with E-state index in [1.807, 2.05) is 4.90 Å². The van der Waals surface area contributed by atoms with Crippen molar-refractivity contribution in [3.63, 3.8) is 0 Å². The molecule has 0 saturated carbocycles. The van der Waals surface area contributed by atoms with Crippen LogP contribution in [-0.4, -0.2) is 80.1 Å². The lowest BCUT2D eigenvalue weighted by molar-refractivity contribution is -0.142. The van der Waals surface area contributed by atoms with Crippen molar-refractivity contribution < 1.29 is 23.8 Å². The van der Waals surface area contributed by atoms with Gasteiger partial charge in [-0.2, -0.15) is 0 Å². The van der Waals surface area contributed by atoms with Gasteiger partial charge < -0.3 is 19.1 Å². The molecule has 0 spiro atoms. The molecule has 26 heavy (non-hydrogen) atoms. The number of hydrogen-bond donors (Lipinski definition) is 0. The highest BCUT2D eigenvalue weighted by molar-refractivity contribution is 5.98. The summed E-state index contributed by atoms with van der Waals surface area (Å²) in [7, 11) is 0. The minimum atomic E-state index is -0.263. The fraction of sp³-hybridized carbons (Fsp3) is 0.579. The maximum absolute atomic E-state index is 12.6. The van der Waals surface area contributed by atoms with Gasteiger partial charge in [0.15, 0.2) is 17.3 Å². The summed E-state index contributed by atoms with van der Waals surface area (Å²) in [6.07, 6.45) is 1.52. The third-order valence-electron chi connectivity index (χ3n) is 5.12. The molecular weight excluding hydrogens is 336 g/mol. The number of amides is 1. The van der Waals surface area contributed by atoms with E-state index in [-0.39, 0.29) is 17.8 Å². The minimum absolute atomic E-state index is 0.0564. The summed E-state index contributed by atoms with van der Waals surface area (Å²) in [5.74, 6) is 1.48. The first-order valence-corrected chi connectivity index (χ1v) is 9.26. The Hall–Kier alpha value is -2.12. The van der Waals surface area contributed by atoms with Crippen LogP contribution in [0.2, 0.25) is 0 Å². The summed E-state index contributed by atoms with van der Waals surface area (Å²) in [4.78, 5) is 28.9. The van der Waals surface area contributed by atoms with Gasteiger partial charge in [-0.25, -0.2) is 0 Å². The van der Waals surface area contributed by atoms with Crippen LogP contribution in [0, 0.1) is 0 Å². The number of nitrogens with zero attached hydrogens (tertiary/aromatic N) is 2. The van der Waals surface area contributed by atoms with Gasteiger partial charge in [0.05, 0.1) is 6.54 Å². The highest BCUT2D eigenvalue weighted by Gasteiger charge is 2.30. The van der Waals surface area contributed by atoms with Crippen molar-refractivity contribution in [3.8, 4) is 11.5 Å². The molecule has 3 aliphatic rings. The first-order valence-electron chi connectivity index (χ1n) is 9.26. The Kier molecular flexibility index (Phi) is 5.08. The topological polar surface area (TPSA) is 68.3 Å². The SMILES string of the molecule is O=C(CN1CCN(C(=O)C2CCCO2)CC1)c1ccc2c(c1)OCCO2. The molecule has 0 N–H and O–H groups in total. The van der Waals surface area contributed by atoms with E-state index in [1.54, 1.807) is 18.2 Å². The molecule has 1 aromatic carbocycles. The Morgan fingerprint density at radius 3 is 2.50 bits per heavy atom. The van der Waals surface area contributed by atoms with Crippen LogP contribution < -0.4 is 9.47 Å². The second-order valence-electron chi connectivity index (χ2n) is 6.88. The summed E-state index contributed by atoms with van der Waals surface area (Å²) in [5, 5.41) is 0. The number of fused-ring (bicyclic) bond motifs is 1. The molecule has 1 aromatic rings. The average molecular weight is 360 g/mol. The Balaban J connectivity index is 1.30. The van der Waals surface area contributed by atoms with Crippen molar-refractivity contribution in [1.82, 2.24) is 9.80 Å². The van der Waals surface area contributed by atoms with E-state index in [2.05, 4.69) is 4.90 Å². The molecule has 7 heteroatoms. The zero-order valence-corrected chi connectivity index (χ0v) is 14.8. The number of hydrogen-bond acceptors (Lipinski definition) is 6. The Morgan fingerprint density at radius 2 is 1.77 bits per heavy atom. The Bertz CT molecular complexity index is 679. The molecule has 3 aliphatic heterocycles. The molecule has 0 aliphatic carbocycles. The summed E-state index contributed by atoms with van der Waals surface area (Å²) < 4.78 is 16.5. The number of rotatable bonds is 4. The van der Waals surface area contributed by atoms with Gasteiger partial charge in [0.1, 0.15) is 19.3 Å². The molecule has 7 nitrogen and oxygen atoms in total. The number of benzene rings is 1. The van der Waals surface area contributed by atoms with Crippen LogP contribution >= 0.6 is 0 Å². The fourth-order valence-electron chi connectivity index (χ4n) is 3.61. The molecular formula is C19H24N2O5. The van der Waals surface area contributed by atoms with Crippen molar-refractivity contribution in [1.29, 1.82) is 0 Å². The van der Waals surface area contributed by atoms with Crippen LogP contribution in [0.5, 0.6) is 11.5 Å². The lowest BCUT2D eigenvalue weighted by atomic mass is 10.1. The monoisotopic (exact) mass is 360 g/mol. The molecule has 3 heterocycles. The highest BCUT2D eigenvalue weighted by Crippen LogP contribution is 2.31. The van der Waals surface area contributed by atoms with Crippen molar-refractivity contribution in [2.75, 3.05) is 52.5 Å². The number of ether oxygens (including phenoxy) is 3. The molecule has 140 valence electrons. The van der Waals surface area contributed by atoms with E-state index >= 15 is 0 Å². The molecule has 0 aromatic heterocycles. The van der Waals surface area contributed by atoms with Crippen molar-refractivity contribution in [3.05, 3.63) is 23.8 Å². The van der Waals surface area contributed by atoms with Crippen molar-refractivity contribution in [2.24, 2.45) is 0 Å². The maximum atomic E-state index is 12.6. The summed E-state index contributed by atoms with van der Waals surface area (Å²) >= 11 is 0. The van der Waals surface area contributed by atoms with Crippen LogP contribution in [0.15, 0.2) is 18.2 Å².